The molecule has 1 aliphatic heterocycles. The number of fused-ring (bicyclic) bond motifs is 1. The maximum atomic E-state index is 12.7. The van der Waals surface area contributed by atoms with Crippen molar-refractivity contribution in [1.29, 1.82) is 0 Å². The van der Waals surface area contributed by atoms with Gasteiger partial charge in [-0.3, -0.25) is 9.00 Å². The minimum Gasteiger partial charge on any atom is -0.486 e. The van der Waals surface area contributed by atoms with E-state index in [1.807, 2.05) is 6.92 Å². The zero-order chi connectivity index (χ0) is 15.2. The van der Waals surface area contributed by atoms with Crippen molar-refractivity contribution in [3.63, 3.8) is 0 Å². The van der Waals surface area contributed by atoms with E-state index in [0.717, 1.165) is 12.8 Å². The predicted molar refractivity (Wildman–Crippen MR) is 79.2 cm³/mol. The van der Waals surface area contributed by atoms with Crippen LogP contribution < -0.4 is 9.47 Å². The fraction of sp³-hybridized carbons (Fsp3) is 0.533. The lowest BCUT2D eigenvalue weighted by Gasteiger charge is -2.20. The average Bonchev–Trinajstić information content (AvgIpc) is 2.54. The van der Waals surface area contributed by atoms with Gasteiger partial charge in [0.15, 0.2) is 11.5 Å². The molecule has 2 rings (SSSR count). The summed E-state index contributed by atoms with van der Waals surface area (Å²) in [6, 6.07) is 5.13. The highest BCUT2D eigenvalue weighted by Crippen LogP contribution is 2.32. The lowest BCUT2D eigenvalue weighted by Crippen LogP contribution is -2.27. The standard InChI is InChI=1S/C15H20O5S/c1-3-4-5-14(15(16)18-2)21(17)11-6-7-12-13(10-11)20-9-8-19-12/h6-7,10,14H,3-5,8-9H2,1-2H3. The molecule has 0 radical (unpaired) electrons. The summed E-state index contributed by atoms with van der Waals surface area (Å²) in [5.41, 5.74) is 0. The van der Waals surface area contributed by atoms with E-state index < -0.39 is 22.0 Å². The molecule has 0 N–H and O–H groups in total. The van der Waals surface area contributed by atoms with Crippen LogP contribution in [0.5, 0.6) is 11.5 Å². The molecular formula is C15H20O5S. The van der Waals surface area contributed by atoms with Gasteiger partial charge in [0.2, 0.25) is 0 Å². The Bertz CT molecular complexity index is 529. The number of carbonyl (C=O) groups is 1. The maximum absolute atomic E-state index is 12.7. The highest BCUT2D eigenvalue weighted by atomic mass is 32.2. The first-order valence-electron chi connectivity index (χ1n) is 7.05. The van der Waals surface area contributed by atoms with Crippen LogP contribution in [0.4, 0.5) is 0 Å². The van der Waals surface area contributed by atoms with Crippen LogP contribution in [0.15, 0.2) is 23.1 Å². The number of esters is 1. The largest absolute Gasteiger partial charge is 0.486 e. The molecule has 6 heteroatoms. The SMILES string of the molecule is CCCCC(C(=O)OC)S(=O)c1ccc2c(c1)OCCO2. The van der Waals surface area contributed by atoms with Crippen molar-refractivity contribution < 1.29 is 23.2 Å². The van der Waals surface area contributed by atoms with Crippen molar-refractivity contribution >= 4 is 16.8 Å². The van der Waals surface area contributed by atoms with Gasteiger partial charge in [-0.2, -0.15) is 0 Å². The zero-order valence-corrected chi connectivity index (χ0v) is 13.1. The van der Waals surface area contributed by atoms with Crippen molar-refractivity contribution in [2.45, 2.75) is 36.3 Å². The Balaban J connectivity index is 2.21. The van der Waals surface area contributed by atoms with E-state index >= 15 is 0 Å². The van der Waals surface area contributed by atoms with Crippen molar-refractivity contribution in [3.05, 3.63) is 18.2 Å². The number of ether oxygens (including phenoxy) is 3. The average molecular weight is 312 g/mol. The number of carbonyl (C=O) groups excluding carboxylic acids is 1. The quantitative estimate of drug-likeness (QED) is 0.754. The van der Waals surface area contributed by atoms with Gasteiger partial charge in [0.1, 0.15) is 18.5 Å². The highest BCUT2D eigenvalue weighted by molar-refractivity contribution is 7.86. The Morgan fingerprint density at radius 3 is 2.71 bits per heavy atom. The van der Waals surface area contributed by atoms with Crippen molar-refractivity contribution in [2.24, 2.45) is 0 Å². The minimum absolute atomic E-state index is 0.434. The van der Waals surface area contributed by atoms with E-state index in [1.54, 1.807) is 18.2 Å². The monoisotopic (exact) mass is 312 g/mol. The van der Waals surface area contributed by atoms with E-state index in [-0.39, 0.29) is 0 Å². The second-order valence-electron chi connectivity index (χ2n) is 4.76. The van der Waals surface area contributed by atoms with E-state index in [1.165, 1.54) is 7.11 Å². The summed E-state index contributed by atoms with van der Waals surface area (Å²) < 4.78 is 28.4. The summed E-state index contributed by atoms with van der Waals surface area (Å²) >= 11 is 0. The van der Waals surface area contributed by atoms with Gasteiger partial charge in [0, 0.05) is 11.0 Å². The van der Waals surface area contributed by atoms with E-state index in [9.17, 15) is 9.00 Å². The molecular weight excluding hydrogens is 292 g/mol. The highest BCUT2D eigenvalue weighted by Gasteiger charge is 2.27. The third-order valence-corrected chi connectivity index (χ3v) is 4.95. The number of hydrogen-bond donors (Lipinski definition) is 0. The van der Waals surface area contributed by atoms with Crippen LogP contribution in [-0.4, -0.2) is 35.8 Å². The van der Waals surface area contributed by atoms with Gasteiger partial charge < -0.3 is 14.2 Å². The summed E-state index contributed by atoms with van der Waals surface area (Å²) in [6.45, 7) is 3.01. The molecule has 1 aromatic rings. The summed E-state index contributed by atoms with van der Waals surface area (Å²) in [7, 11) is -0.139. The lowest BCUT2D eigenvalue weighted by molar-refractivity contribution is -0.140. The van der Waals surface area contributed by atoms with E-state index in [2.05, 4.69) is 0 Å². The second kappa shape index (κ2) is 7.45. The molecule has 0 fully saturated rings. The summed E-state index contributed by atoms with van der Waals surface area (Å²) in [4.78, 5) is 12.4. The molecule has 116 valence electrons. The van der Waals surface area contributed by atoms with Gasteiger partial charge in [-0.1, -0.05) is 19.8 Å². The Hall–Kier alpha value is -1.56. The number of rotatable bonds is 6. The van der Waals surface area contributed by atoms with Gasteiger partial charge in [-0.15, -0.1) is 0 Å². The normalized spacial score (nSPS) is 16.1. The van der Waals surface area contributed by atoms with Crippen molar-refractivity contribution in [3.8, 4) is 11.5 Å². The van der Waals surface area contributed by atoms with Gasteiger partial charge in [-0.05, 0) is 18.6 Å². The van der Waals surface area contributed by atoms with Crippen molar-refractivity contribution in [2.75, 3.05) is 20.3 Å². The van der Waals surface area contributed by atoms with E-state index in [0.29, 0.717) is 36.0 Å². The van der Waals surface area contributed by atoms with Crippen LogP contribution in [-0.2, 0) is 20.3 Å². The van der Waals surface area contributed by atoms with E-state index in [4.69, 9.17) is 14.2 Å². The van der Waals surface area contributed by atoms with Gasteiger partial charge in [0.25, 0.3) is 0 Å². The van der Waals surface area contributed by atoms with Gasteiger partial charge in [0.05, 0.1) is 17.9 Å². The molecule has 0 bridgehead atoms. The number of unbranched alkanes of at least 4 members (excludes halogenated alkanes) is 1. The number of benzene rings is 1. The van der Waals surface area contributed by atoms with Gasteiger partial charge >= 0.3 is 5.97 Å². The third kappa shape index (κ3) is 3.75. The fourth-order valence-corrected chi connectivity index (χ4v) is 3.55. The molecule has 0 saturated carbocycles. The third-order valence-electron chi connectivity index (χ3n) is 3.29. The smallest absolute Gasteiger partial charge is 0.321 e. The first kappa shape index (κ1) is 15.8. The first-order chi connectivity index (χ1) is 10.2. The zero-order valence-electron chi connectivity index (χ0n) is 12.3. The molecule has 0 amide bonds. The molecule has 2 unspecified atom stereocenters. The number of methoxy groups -OCH3 is 1. The number of hydrogen-bond acceptors (Lipinski definition) is 5. The van der Waals surface area contributed by atoms with Crippen LogP contribution in [0.25, 0.3) is 0 Å². The van der Waals surface area contributed by atoms with Crippen LogP contribution in [0.1, 0.15) is 26.2 Å². The van der Waals surface area contributed by atoms with Gasteiger partial charge in [-0.25, -0.2) is 0 Å². The van der Waals surface area contributed by atoms with Crippen LogP contribution in [0.3, 0.4) is 0 Å². The predicted octanol–water partition coefficient (Wildman–Crippen LogP) is 2.30. The maximum Gasteiger partial charge on any atom is 0.321 e. The molecule has 21 heavy (non-hydrogen) atoms. The summed E-state index contributed by atoms with van der Waals surface area (Å²) in [5, 5.41) is -0.641. The summed E-state index contributed by atoms with van der Waals surface area (Å²) in [5.74, 6) is 0.785. The molecule has 1 aromatic carbocycles. The molecule has 0 aliphatic carbocycles. The lowest BCUT2D eigenvalue weighted by atomic mass is 10.2. The summed E-state index contributed by atoms with van der Waals surface area (Å²) in [6.07, 6.45) is 2.31. The molecule has 5 nitrogen and oxygen atoms in total. The first-order valence-corrected chi connectivity index (χ1v) is 8.26. The fourth-order valence-electron chi connectivity index (χ4n) is 2.15. The molecule has 1 aliphatic rings. The molecule has 0 spiro atoms. The van der Waals surface area contributed by atoms with Crippen LogP contribution >= 0.6 is 0 Å². The van der Waals surface area contributed by atoms with Crippen LogP contribution in [0, 0.1) is 0 Å². The second-order valence-corrected chi connectivity index (χ2v) is 6.39. The Morgan fingerprint density at radius 2 is 2.05 bits per heavy atom. The van der Waals surface area contributed by atoms with Crippen molar-refractivity contribution in [1.82, 2.24) is 0 Å². The Kier molecular flexibility index (Phi) is 5.61. The molecule has 2 atom stereocenters. The molecule has 0 aromatic heterocycles. The Labute approximate surface area is 127 Å². The minimum atomic E-state index is -1.46. The molecule has 1 heterocycles. The topological polar surface area (TPSA) is 61.8 Å². The Morgan fingerprint density at radius 1 is 1.33 bits per heavy atom. The van der Waals surface area contributed by atoms with Crippen LogP contribution in [0.2, 0.25) is 0 Å². The molecule has 0 saturated heterocycles.